The van der Waals surface area contributed by atoms with Gasteiger partial charge in [-0.05, 0) is 67.8 Å². The second kappa shape index (κ2) is 9.71. The first-order chi connectivity index (χ1) is 18.2. The number of amides is 1. The van der Waals surface area contributed by atoms with Gasteiger partial charge in [0.15, 0.2) is 5.13 Å². The van der Waals surface area contributed by atoms with Gasteiger partial charge in [-0.15, -0.1) is 0 Å². The number of carbonyl (C=O) groups excluding carboxylic acids is 2. The van der Waals surface area contributed by atoms with E-state index in [1.165, 1.54) is 40.5 Å². The highest BCUT2D eigenvalue weighted by Gasteiger charge is 2.48. The molecule has 0 spiro atoms. The Labute approximate surface area is 221 Å². The molecule has 1 atom stereocenters. The third-order valence-electron chi connectivity index (χ3n) is 6.31. The molecule has 1 N–H and O–H groups in total. The minimum absolute atomic E-state index is 0.135. The number of hydrogen-bond donors (Lipinski definition) is 1. The van der Waals surface area contributed by atoms with Gasteiger partial charge in [-0.2, -0.15) is 0 Å². The molecule has 1 fully saturated rings. The number of aryl methyl sites for hydroxylation is 2. The number of benzene rings is 3. The molecule has 5 rings (SSSR count). The second-order valence-corrected chi connectivity index (χ2v) is 9.91. The summed E-state index contributed by atoms with van der Waals surface area (Å²) in [5, 5.41) is 22.9. The van der Waals surface area contributed by atoms with Crippen LogP contribution in [-0.2, 0) is 9.59 Å². The minimum Gasteiger partial charge on any atom is -0.507 e. The van der Waals surface area contributed by atoms with Gasteiger partial charge in [0, 0.05) is 17.7 Å². The molecule has 1 unspecified atom stereocenters. The average molecular weight is 530 g/mol. The van der Waals surface area contributed by atoms with Crippen molar-refractivity contribution < 1.29 is 24.4 Å². The number of aliphatic hydroxyl groups is 1. The van der Waals surface area contributed by atoms with Gasteiger partial charge in [-0.25, -0.2) is 4.98 Å². The highest BCUT2D eigenvalue weighted by molar-refractivity contribution is 7.22. The molecule has 1 aliphatic rings. The third kappa shape index (κ3) is 4.28. The molecular formula is C28H23N3O6S. The molecule has 192 valence electrons. The Morgan fingerprint density at radius 3 is 2.55 bits per heavy atom. The topological polar surface area (TPSA) is 123 Å². The molecule has 9 nitrogen and oxygen atoms in total. The van der Waals surface area contributed by atoms with Crippen molar-refractivity contribution in [2.24, 2.45) is 0 Å². The van der Waals surface area contributed by atoms with Crippen molar-refractivity contribution in [3.63, 3.8) is 0 Å². The van der Waals surface area contributed by atoms with E-state index >= 15 is 0 Å². The Bertz CT molecular complexity index is 1640. The van der Waals surface area contributed by atoms with E-state index < -0.39 is 22.7 Å². The van der Waals surface area contributed by atoms with Crippen LogP contribution in [0.2, 0.25) is 0 Å². The molecule has 1 aliphatic heterocycles. The highest BCUT2D eigenvalue weighted by atomic mass is 32.1. The third-order valence-corrected chi connectivity index (χ3v) is 7.31. The quantitative estimate of drug-likeness (QED) is 0.109. The maximum absolute atomic E-state index is 13.5. The van der Waals surface area contributed by atoms with Gasteiger partial charge in [0.2, 0.25) is 0 Å². The first kappa shape index (κ1) is 25.1. The number of rotatable bonds is 6. The van der Waals surface area contributed by atoms with Gasteiger partial charge in [-0.3, -0.25) is 24.6 Å². The molecule has 0 saturated carbocycles. The number of thiazole rings is 1. The van der Waals surface area contributed by atoms with E-state index in [2.05, 4.69) is 4.98 Å². The summed E-state index contributed by atoms with van der Waals surface area (Å²) < 4.78 is 6.38. The largest absolute Gasteiger partial charge is 0.507 e. The SMILES string of the molecule is CCOc1cccc(C(O)=C2C(=O)C(=O)N(c3nc4c(C)cc(C)cc4s3)C2c2ccc([N+](=O)[O-])cc2)c1. The van der Waals surface area contributed by atoms with Gasteiger partial charge in [0.1, 0.15) is 11.5 Å². The lowest BCUT2D eigenvalue weighted by Crippen LogP contribution is -2.29. The van der Waals surface area contributed by atoms with Crippen LogP contribution in [0.3, 0.4) is 0 Å². The van der Waals surface area contributed by atoms with Gasteiger partial charge >= 0.3 is 5.91 Å². The average Bonchev–Trinajstić information content (AvgIpc) is 3.42. The van der Waals surface area contributed by atoms with Crippen LogP contribution in [0, 0.1) is 24.0 Å². The van der Waals surface area contributed by atoms with Gasteiger partial charge in [0.05, 0.1) is 33.4 Å². The number of Topliss-reactive ketones (excluding diaryl/α,β-unsaturated/α-hetero) is 1. The van der Waals surface area contributed by atoms with Crippen LogP contribution < -0.4 is 9.64 Å². The highest BCUT2D eigenvalue weighted by Crippen LogP contribution is 2.45. The number of ether oxygens (including phenoxy) is 1. The number of hydrogen-bond acceptors (Lipinski definition) is 8. The zero-order valence-corrected chi connectivity index (χ0v) is 21.6. The van der Waals surface area contributed by atoms with Crippen molar-refractivity contribution in [3.8, 4) is 5.75 Å². The molecule has 1 amide bonds. The van der Waals surface area contributed by atoms with E-state index in [-0.39, 0.29) is 17.0 Å². The molecule has 10 heteroatoms. The van der Waals surface area contributed by atoms with Crippen molar-refractivity contribution in [2.75, 3.05) is 11.5 Å². The van der Waals surface area contributed by atoms with E-state index in [1.54, 1.807) is 24.3 Å². The second-order valence-electron chi connectivity index (χ2n) is 8.90. The van der Waals surface area contributed by atoms with Crippen molar-refractivity contribution in [3.05, 3.63) is 98.6 Å². The summed E-state index contributed by atoms with van der Waals surface area (Å²) in [6.07, 6.45) is 0. The summed E-state index contributed by atoms with van der Waals surface area (Å²) in [5.41, 5.74) is 3.13. The number of nitro groups is 1. The molecule has 2 heterocycles. The smallest absolute Gasteiger partial charge is 0.301 e. The van der Waals surface area contributed by atoms with Gasteiger partial charge in [0.25, 0.3) is 11.5 Å². The Balaban J connectivity index is 1.72. The number of ketones is 1. The fourth-order valence-electron chi connectivity index (χ4n) is 4.64. The Morgan fingerprint density at radius 2 is 1.87 bits per heavy atom. The number of non-ortho nitro benzene ring substituents is 1. The van der Waals surface area contributed by atoms with Crippen LogP contribution in [0.25, 0.3) is 16.0 Å². The van der Waals surface area contributed by atoms with Crippen LogP contribution in [0.5, 0.6) is 5.75 Å². The molecule has 4 aromatic rings. The van der Waals surface area contributed by atoms with Crippen molar-refractivity contribution >= 4 is 49.8 Å². The first-order valence-corrected chi connectivity index (χ1v) is 12.7. The Morgan fingerprint density at radius 1 is 1.13 bits per heavy atom. The summed E-state index contributed by atoms with van der Waals surface area (Å²) in [6.45, 7) is 6.12. The zero-order chi connectivity index (χ0) is 27.1. The standard InChI is InChI=1S/C28H23N3O6S/c1-4-37-20-7-5-6-18(14-20)25(32)22-24(17-8-10-19(11-9-17)31(35)36)30(27(34)26(22)33)28-29-23-16(3)12-15(2)13-21(23)38-28/h5-14,24,32H,4H2,1-3H3. The molecular weight excluding hydrogens is 506 g/mol. The lowest BCUT2D eigenvalue weighted by Gasteiger charge is -2.23. The lowest BCUT2D eigenvalue weighted by atomic mass is 9.95. The van der Waals surface area contributed by atoms with Crippen LogP contribution in [0.4, 0.5) is 10.8 Å². The molecule has 0 radical (unpaired) electrons. The molecule has 38 heavy (non-hydrogen) atoms. The number of nitrogens with zero attached hydrogens (tertiary/aromatic N) is 3. The summed E-state index contributed by atoms with van der Waals surface area (Å²) in [4.78, 5) is 43.6. The Hall–Kier alpha value is -4.57. The number of aromatic nitrogens is 1. The normalized spacial score (nSPS) is 16.8. The van der Waals surface area contributed by atoms with Gasteiger partial charge < -0.3 is 9.84 Å². The number of nitro benzene ring substituents is 1. The van der Waals surface area contributed by atoms with Crippen LogP contribution in [-0.4, -0.2) is 33.3 Å². The fourth-order valence-corrected chi connectivity index (χ4v) is 5.81. The lowest BCUT2D eigenvalue weighted by molar-refractivity contribution is -0.384. The number of fused-ring (bicyclic) bond motifs is 1. The van der Waals surface area contributed by atoms with E-state index in [9.17, 15) is 24.8 Å². The molecule has 1 aromatic heterocycles. The van der Waals surface area contributed by atoms with E-state index in [1.807, 2.05) is 32.9 Å². The molecule has 0 aliphatic carbocycles. The summed E-state index contributed by atoms with van der Waals surface area (Å²) in [7, 11) is 0. The van der Waals surface area contributed by atoms with Crippen molar-refractivity contribution in [1.29, 1.82) is 0 Å². The minimum atomic E-state index is -1.05. The summed E-state index contributed by atoms with van der Waals surface area (Å²) >= 11 is 1.26. The van der Waals surface area contributed by atoms with E-state index in [0.717, 1.165) is 15.8 Å². The number of anilines is 1. The predicted octanol–water partition coefficient (Wildman–Crippen LogP) is 5.85. The van der Waals surface area contributed by atoms with Crippen LogP contribution in [0.15, 0.2) is 66.2 Å². The maximum atomic E-state index is 13.5. The first-order valence-electron chi connectivity index (χ1n) is 11.9. The predicted molar refractivity (Wildman–Crippen MR) is 145 cm³/mol. The van der Waals surface area contributed by atoms with Gasteiger partial charge in [-0.1, -0.05) is 29.5 Å². The summed E-state index contributed by atoms with van der Waals surface area (Å²) in [5.74, 6) is -1.59. The molecule has 1 saturated heterocycles. The van der Waals surface area contributed by atoms with Crippen molar-refractivity contribution in [1.82, 2.24) is 4.98 Å². The number of aliphatic hydroxyl groups excluding tert-OH is 1. The van der Waals surface area contributed by atoms with Crippen LogP contribution in [0.1, 0.15) is 35.2 Å². The monoisotopic (exact) mass is 529 g/mol. The van der Waals surface area contributed by atoms with Crippen molar-refractivity contribution in [2.45, 2.75) is 26.8 Å². The molecule has 3 aromatic carbocycles. The maximum Gasteiger partial charge on any atom is 0.301 e. The zero-order valence-electron chi connectivity index (χ0n) is 20.8. The number of carbonyl (C=O) groups is 2. The van der Waals surface area contributed by atoms with Crippen LogP contribution >= 0.6 is 11.3 Å². The molecule has 0 bridgehead atoms. The summed E-state index contributed by atoms with van der Waals surface area (Å²) in [6, 6.07) is 15.1. The van der Waals surface area contributed by atoms with E-state index in [0.29, 0.717) is 34.1 Å². The Kier molecular flexibility index (Phi) is 6.41. The van der Waals surface area contributed by atoms with E-state index in [4.69, 9.17) is 4.74 Å². The fraction of sp³-hybridized carbons (Fsp3) is 0.179.